The number of carbonyl (C=O) groups is 1. The minimum Gasteiger partial charge on any atom is -0.469 e. The summed E-state index contributed by atoms with van der Waals surface area (Å²) in [7, 11) is 1.41. The van der Waals surface area contributed by atoms with Gasteiger partial charge in [-0.05, 0) is 17.5 Å². The smallest absolute Gasteiger partial charge is 0.307 e. The van der Waals surface area contributed by atoms with Gasteiger partial charge in [0.1, 0.15) is 0 Å². The van der Waals surface area contributed by atoms with Crippen molar-refractivity contribution in [1.82, 2.24) is 15.5 Å². The highest BCUT2D eigenvalue weighted by molar-refractivity contribution is 7.10. The Labute approximate surface area is 109 Å². The van der Waals surface area contributed by atoms with Gasteiger partial charge in [-0.2, -0.15) is 5.10 Å². The van der Waals surface area contributed by atoms with Crippen LogP contribution in [0.2, 0.25) is 0 Å². The van der Waals surface area contributed by atoms with Crippen LogP contribution in [0.25, 0.3) is 0 Å². The summed E-state index contributed by atoms with van der Waals surface area (Å²) in [4.78, 5) is 12.5. The van der Waals surface area contributed by atoms with Crippen LogP contribution in [0.5, 0.6) is 0 Å². The Morgan fingerprint density at radius 1 is 1.61 bits per heavy atom. The number of hydrogen-bond donors (Lipinski definition) is 2. The maximum Gasteiger partial charge on any atom is 0.307 e. The van der Waals surface area contributed by atoms with E-state index in [0.717, 1.165) is 10.6 Å². The summed E-state index contributed by atoms with van der Waals surface area (Å²) in [6, 6.07) is 5.86. The van der Waals surface area contributed by atoms with Gasteiger partial charge < -0.3 is 10.1 Å². The Kier molecular flexibility index (Phi) is 4.49. The van der Waals surface area contributed by atoms with Crippen molar-refractivity contribution >= 4 is 17.3 Å². The Balaban J connectivity index is 1.98. The minimum absolute atomic E-state index is 0.0271. The Morgan fingerprint density at radius 3 is 3.11 bits per heavy atom. The van der Waals surface area contributed by atoms with E-state index in [1.807, 2.05) is 23.6 Å². The largest absolute Gasteiger partial charge is 0.469 e. The fourth-order valence-electron chi connectivity index (χ4n) is 1.63. The van der Waals surface area contributed by atoms with Crippen LogP contribution in [-0.2, 0) is 16.1 Å². The molecule has 0 aliphatic carbocycles. The Bertz CT molecular complexity index is 467. The summed E-state index contributed by atoms with van der Waals surface area (Å²) in [5.74, 6) is -0.217. The molecule has 2 aromatic rings. The maximum atomic E-state index is 11.4. The fourth-order valence-corrected chi connectivity index (χ4v) is 2.43. The third-order valence-corrected chi connectivity index (χ3v) is 3.57. The molecule has 0 saturated heterocycles. The molecule has 0 saturated carbocycles. The average molecular weight is 265 g/mol. The lowest BCUT2D eigenvalue weighted by molar-refractivity contribution is -0.141. The van der Waals surface area contributed by atoms with Crippen LogP contribution in [0.1, 0.15) is 23.0 Å². The van der Waals surface area contributed by atoms with Gasteiger partial charge in [0.2, 0.25) is 0 Å². The molecule has 1 atom stereocenters. The van der Waals surface area contributed by atoms with Gasteiger partial charge in [0, 0.05) is 23.3 Å². The van der Waals surface area contributed by atoms with E-state index in [9.17, 15) is 4.79 Å². The zero-order chi connectivity index (χ0) is 12.8. The molecule has 2 N–H and O–H groups in total. The molecule has 0 aliphatic rings. The zero-order valence-corrected chi connectivity index (χ0v) is 10.9. The van der Waals surface area contributed by atoms with Crippen LogP contribution in [0.15, 0.2) is 29.8 Å². The van der Waals surface area contributed by atoms with Crippen molar-refractivity contribution in [2.75, 3.05) is 7.11 Å². The van der Waals surface area contributed by atoms with Crippen LogP contribution in [0.3, 0.4) is 0 Å². The molecule has 0 bridgehead atoms. The first-order valence-electron chi connectivity index (χ1n) is 5.61. The first-order valence-corrected chi connectivity index (χ1v) is 6.49. The van der Waals surface area contributed by atoms with E-state index in [1.54, 1.807) is 17.5 Å². The van der Waals surface area contributed by atoms with E-state index in [-0.39, 0.29) is 12.0 Å². The molecule has 2 heterocycles. The quantitative estimate of drug-likeness (QED) is 0.782. The second-order valence-electron chi connectivity index (χ2n) is 3.81. The number of esters is 1. The molecule has 0 aromatic carbocycles. The summed E-state index contributed by atoms with van der Waals surface area (Å²) < 4.78 is 4.72. The van der Waals surface area contributed by atoms with Gasteiger partial charge in [-0.1, -0.05) is 6.07 Å². The van der Waals surface area contributed by atoms with Gasteiger partial charge in [-0.3, -0.25) is 9.89 Å². The number of nitrogens with zero attached hydrogens (tertiary/aromatic N) is 1. The lowest BCUT2D eigenvalue weighted by atomic mass is 10.1. The van der Waals surface area contributed by atoms with Gasteiger partial charge in [0.15, 0.2) is 0 Å². The molecule has 0 fully saturated rings. The number of hydrogen-bond acceptors (Lipinski definition) is 5. The van der Waals surface area contributed by atoms with Crippen molar-refractivity contribution in [2.45, 2.75) is 19.0 Å². The molecule has 0 amide bonds. The van der Waals surface area contributed by atoms with Crippen LogP contribution >= 0.6 is 11.3 Å². The molecular formula is C12H15N3O2S. The van der Waals surface area contributed by atoms with E-state index >= 15 is 0 Å². The molecule has 2 aromatic heterocycles. The summed E-state index contributed by atoms with van der Waals surface area (Å²) in [5, 5.41) is 12.1. The average Bonchev–Trinajstić information content (AvgIpc) is 3.06. The second kappa shape index (κ2) is 6.32. The molecule has 5 nitrogen and oxygen atoms in total. The molecule has 0 radical (unpaired) electrons. The molecule has 1 unspecified atom stereocenters. The van der Waals surface area contributed by atoms with Crippen LogP contribution in [0, 0.1) is 0 Å². The van der Waals surface area contributed by atoms with Crippen molar-refractivity contribution in [1.29, 1.82) is 0 Å². The lowest BCUT2D eigenvalue weighted by Crippen LogP contribution is -2.23. The number of carbonyl (C=O) groups excluding carboxylic acids is 1. The van der Waals surface area contributed by atoms with Crippen LogP contribution in [0.4, 0.5) is 0 Å². The third kappa shape index (κ3) is 3.41. The van der Waals surface area contributed by atoms with E-state index in [1.165, 1.54) is 7.11 Å². The van der Waals surface area contributed by atoms with Crippen molar-refractivity contribution in [3.63, 3.8) is 0 Å². The first kappa shape index (κ1) is 12.8. The van der Waals surface area contributed by atoms with Gasteiger partial charge >= 0.3 is 5.97 Å². The van der Waals surface area contributed by atoms with Crippen LogP contribution in [-0.4, -0.2) is 23.3 Å². The molecular weight excluding hydrogens is 250 g/mol. The highest BCUT2D eigenvalue weighted by Crippen LogP contribution is 2.22. The lowest BCUT2D eigenvalue weighted by Gasteiger charge is -2.15. The first-order chi connectivity index (χ1) is 8.79. The van der Waals surface area contributed by atoms with Gasteiger partial charge in [0.05, 0.1) is 19.6 Å². The third-order valence-electron chi connectivity index (χ3n) is 2.58. The van der Waals surface area contributed by atoms with Crippen molar-refractivity contribution in [2.24, 2.45) is 0 Å². The summed E-state index contributed by atoms with van der Waals surface area (Å²) in [6.45, 7) is 0.638. The minimum atomic E-state index is -0.217. The standard InChI is InChI=1S/C12H15N3O2S/c1-17-12(16)7-10(11-3-2-6-18-11)13-8-9-4-5-14-15-9/h2-6,10,13H,7-8H2,1H3,(H,14,15). The SMILES string of the molecule is COC(=O)CC(NCc1ccn[nH]1)c1cccs1. The normalized spacial score (nSPS) is 12.3. The van der Waals surface area contributed by atoms with Gasteiger partial charge in [-0.15, -0.1) is 11.3 Å². The van der Waals surface area contributed by atoms with E-state index in [4.69, 9.17) is 4.74 Å². The topological polar surface area (TPSA) is 67.0 Å². The number of thiophene rings is 1. The number of ether oxygens (including phenoxy) is 1. The summed E-state index contributed by atoms with van der Waals surface area (Å²) in [5.41, 5.74) is 0.987. The predicted octanol–water partition coefficient (Wildman–Crippen LogP) is 1.87. The zero-order valence-electron chi connectivity index (χ0n) is 10.1. The van der Waals surface area contributed by atoms with E-state index in [2.05, 4.69) is 15.5 Å². The second-order valence-corrected chi connectivity index (χ2v) is 4.79. The number of H-pyrrole nitrogens is 1. The van der Waals surface area contributed by atoms with E-state index in [0.29, 0.717) is 13.0 Å². The number of aromatic nitrogens is 2. The fraction of sp³-hybridized carbons (Fsp3) is 0.333. The summed E-state index contributed by atoms with van der Waals surface area (Å²) in [6.07, 6.45) is 2.03. The molecule has 2 rings (SSSR count). The summed E-state index contributed by atoms with van der Waals surface area (Å²) >= 11 is 1.62. The predicted molar refractivity (Wildman–Crippen MR) is 69.1 cm³/mol. The van der Waals surface area contributed by atoms with Crippen molar-refractivity contribution in [3.8, 4) is 0 Å². The molecule has 0 spiro atoms. The van der Waals surface area contributed by atoms with Crippen molar-refractivity contribution < 1.29 is 9.53 Å². The van der Waals surface area contributed by atoms with Gasteiger partial charge in [-0.25, -0.2) is 0 Å². The number of rotatable bonds is 6. The number of nitrogens with one attached hydrogen (secondary N) is 2. The number of methoxy groups -OCH3 is 1. The number of aromatic amines is 1. The van der Waals surface area contributed by atoms with E-state index < -0.39 is 0 Å². The highest BCUT2D eigenvalue weighted by atomic mass is 32.1. The van der Waals surface area contributed by atoms with Gasteiger partial charge in [0.25, 0.3) is 0 Å². The molecule has 0 aliphatic heterocycles. The highest BCUT2D eigenvalue weighted by Gasteiger charge is 2.17. The molecule has 96 valence electrons. The Hall–Kier alpha value is -1.66. The Morgan fingerprint density at radius 2 is 2.50 bits per heavy atom. The van der Waals surface area contributed by atoms with Crippen molar-refractivity contribution in [3.05, 3.63) is 40.3 Å². The van der Waals surface area contributed by atoms with Crippen LogP contribution < -0.4 is 5.32 Å². The molecule has 18 heavy (non-hydrogen) atoms. The monoisotopic (exact) mass is 265 g/mol. The maximum absolute atomic E-state index is 11.4. The molecule has 6 heteroatoms.